The molecule has 1 aliphatic rings. The molecule has 1 N–H and O–H groups in total. The molecule has 6 heteroatoms. The molecule has 114 valence electrons. The Kier molecular flexibility index (Phi) is 5.37. The van der Waals surface area contributed by atoms with Gasteiger partial charge in [-0.15, -0.1) is 0 Å². The first-order valence-corrected chi connectivity index (χ1v) is 8.26. The fourth-order valence-electron chi connectivity index (χ4n) is 2.33. The van der Waals surface area contributed by atoms with Gasteiger partial charge >= 0.3 is 0 Å². The molecule has 1 aromatic carbocycles. The van der Waals surface area contributed by atoms with Crippen molar-refractivity contribution in [3.63, 3.8) is 0 Å². The summed E-state index contributed by atoms with van der Waals surface area (Å²) in [6.07, 6.45) is 1.39. The van der Waals surface area contributed by atoms with Gasteiger partial charge in [0, 0.05) is 31.9 Å². The third kappa shape index (κ3) is 3.63. The summed E-state index contributed by atoms with van der Waals surface area (Å²) in [5.41, 5.74) is 0.408. The van der Waals surface area contributed by atoms with E-state index in [1.165, 1.54) is 4.31 Å². The number of aliphatic hydroxyl groups is 1. The number of hydrogen-bond donors (Lipinski definition) is 1. The Morgan fingerprint density at radius 2 is 2.00 bits per heavy atom. The smallest absolute Gasteiger partial charge is 0.244 e. The molecule has 0 aromatic heterocycles. The van der Waals surface area contributed by atoms with Gasteiger partial charge in [0.2, 0.25) is 10.0 Å². The molecule has 1 heterocycles. The second-order valence-electron chi connectivity index (χ2n) is 4.82. The van der Waals surface area contributed by atoms with Gasteiger partial charge in [-0.25, -0.2) is 8.42 Å². The van der Waals surface area contributed by atoms with Gasteiger partial charge in [-0.2, -0.15) is 4.31 Å². The molecule has 0 saturated carbocycles. The lowest BCUT2D eigenvalue weighted by Crippen LogP contribution is -2.40. The SMILES string of the molecule is CN(C1CCOCC1)S(=O)(=O)c1ccccc1C#CCO. The molecule has 0 atom stereocenters. The van der Waals surface area contributed by atoms with Crippen LogP contribution in [0.4, 0.5) is 0 Å². The lowest BCUT2D eigenvalue weighted by molar-refractivity contribution is 0.0632. The van der Waals surface area contributed by atoms with Gasteiger partial charge < -0.3 is 9.84 Å². The van der Waals surface area contributed by atoms with Crippen molar-refractivity contribution in [3.05, 3.63) is 29.8 Å². The van der Waals surface area contributed by atoms with Crippen LogP contribution in [0, 0.1) is 11.8 Å². The molecule has 2 rings (SSSR count). The largest absolute Gasteiger partial charge is 0.384 e. The number of benzene rings is 1. The van der Waals surface area contributed by atoms with Crippen LogP contribution in [0.15, 0.2) is 29.2 Å². The Morgan fingerprint density at radius 1 is 1.33 bits per heavy atom. The molecule has 1 fully saturated rings. The quantitative estimate of drug-likeness (QED) is 0.840. The predicted octanol–water partition coefficient (Wildman–Crippen LogP) is 0.830. The van der Waals surface area contributed by atoms with Crippen molar-refractivity contribution in [2.24, 2.45) is 0 Å². The Morgan fingerprint density at radius 3 is 2.67 bits per heavy atom. The lowest BCUT2D eigenvalue weighted by Gasteiger charge is -2.30. The second-order valence-corrected chi connectivity index (χ2v) is 6.79. The maximum atomic E-state index is 12.8. The lowest BCUT2D eigenvalue weighted by atomic mass is 10.1. The number of nitrogens with zero attached hydrogens (tertiary/aromatic N) is 1. The first kappa shape index (κ1) is 16.0. The molecule has 0 radical (unpaired) electrons. The molecule has 5 nitrogen and oxygen atoms in total. The summed E-state index contributed by atoms with van der Waals surface area (Å²) in [5.74, 6) is 5.19. The highest BCUT2D eigenvalue weighted by Gasteiger charge is 2.30. The number of hydrogen-bond acceptors (Lipinski definition) is 4. The van der Waals surface area contributed by atoms with E-state index in [2.05, 4.69) is 11.8 Å². The van der Waals surface area contributed by atoms with Crippen LogP contribution in [0.3, 0.4) is 0 Å². The first-order chi connectivity index (χ1) is 10.1. The maximum Gasteiger partial charge on any atom is 0.244 e. The summed E-state index contributed by atoms with van der Waals surface area (Å²) in [4.78, 5) is 0.181. The highest BCUT2D eigenvalue weighted by Crippen LogP contribution is 2.24. The summed E-state index contributed by atoms with van der Waals surface area (Å²) < 4.78 is 32.2. The third-order valence-corrected chi connectivity index (χ3v) is 5.52. The summed E-state index contributed by atoms with van der Waals surface area (Å²) >= 11 is 0. The van der Waals surface area contributed by atoms with Crippen LogP contribution in [0.2, 0.25) is 0 Å². The van der Waals surface area contributed by atoms with Crippen molar-refractivity contribution in [1.29, 1.82) is 0 Å². The molecule has 0 aliphatic carbocycles. The zero-order valence-electron chi connectivity index (χ0n) is 11.9. The summed E-state index contributed by atoms with van der Waals surface area (Å²) in [7, 11) is -2.01. The Labute approximate surface area is 125 Å². The van der Waals surface area contributed by atoms with Crippen molar-refractivity contribution in [1.82, 2.24) is 4.31 Å². The van der Waals surface area contributed by atoms with Gasteiger partial charge in [-0.05, 0) is 25.0 Å². The van der Waals surface area contributed by atoms with Crippen molar-refractivity contribution >= 4 is 10.0 Å². The minimum atomic E-state index is -3.61. The molecule has 0 amide bonds. The average Bonchev–Trinajstić information content (AvgIpc) is 2.53. The average molecular weight is 309 g/mol. The zero-order valence-corrected chi connectivity index (χ0v) is 12.8. The van der Waals surface area contributed by atoms with Crippen molar-refractivity contribution < 1.29 is 18.3 Å². The van der Waals surface area contributed by atoms with Gasteiger partial charge in [0.05, 0.1) is 4.90 Å². The summed E-state index contributed by atoms with van der Waals surface area (Å²) in [6, 6.07) is 6.55. The van der Waals surface area contributed by atoms with E-state index in [0.717, 1.165) is 0 Å². The topological polar surface area (TPSA) is 66.8 Å². The molecule has 1 aliphatic heterocycles. The molecule has 1 aromatic rings. The number of aliphatic hydroxyl groups excluding tert-OH is 1. The minimum absolute atomic E-state index is 0.0531. The first-order valence-electron chi connectivity index (χ1n) is 6.82. The normalized spacial score (nSPS) is 16.5. The van der Waals surface area contributed by atoms with Gasteiger partial charge in [-0.1, -0.05) is 24.0 Å². The van der Waals surface area contributed by atoms with Crippen LogP contribution in [-0.4, -0.2) is 50.7 Å². The number of rotatable bonds is 3. The molecular formula is C15H19NO4S. The van der Waals surface area contributed by atoms with Crippen LogP contribution in [0.25, 0.3) is 0 Å². The third-order valence-electron chi connectivity index (χ3n) is 3.55. The second kappa shape index (κ2) is 7.05. The summed E-state index contributed by atoms with van der Waals surface area (Å²) in [6.45, 7) is 0.858. The van der Waals surface area contributed by atoms with Crippen LogP contribution in [0.5, 0.6) is 0 Å². The molecule has 0 unspecified atom stereocenters. The van der Waals surface area contributed by atoms with Crippen molar-refractivity contribution in [2.75, 3.05) is 26.9 Å². The van der Waals surface area contributed by atoms with Crippen LogP contribution < -0.4 is 0 Å². The Bertz CT molecular complexity index is 639. The van der Waals surface area contributed by atoms with E-state index in [9.17, 15) is 8.42 Å². The van der Waals surface area contributed by atoms with E-state index in [1.807, 2.05) is 0 Å². The fraction of sp³-hybridized carbons (Fsp3) is 0.467. The van der Waals surface area contributed by atoms with Gasteiger partial charge in [0.15, 0.2) is 0 Å². The zero-order chi connectivity index (χ0) is 15.3. The molecule has 0 spiro atoms. The van der Waals surface area contributed by atoms with Gasteiger partial charge in [0.25, 0.3) is 0 Å². The maximum absolute atomic E-state index is 12.8. The Balaban J connectivity index is 2.34. The van der Waals surface area contributed by atoms with E-state index < -0.39 is 10.0 Å². The number of sulfonamides is 1. The van der Waals surface area contributed by atoms with Crippen LogP contribution in [0.1, 0.15) is 18.4 Å². The van der Waals surface area contributed by atoms with Crippen molar-refractivity contribution in [2.45, 2.75) is 23.8 Å². The Hall–Kier alpha value is -1.39. The van der Waals surface area contributed by atoms with Gasteiger partial charge in [0.1, 0.15) is 6.61 Å². The van der Waals surface area contributed by atoms with E-state index >= 15 is 0 Å². The van der Waals surface area contributed by atoms with E-state index in [1.54, 1.807) is 31.3 Å². The van der Waals surface area contributed by atoms with Gasteiger partial charge in [-0.3, -0.25) is 0 Å². The predicted molar refractivity (Wildman–Crippen MR) is 79.2 cm³/mol. The van der Waals surface area contributed by atoms with E-state index in [4.69, 9.17) is 9.84 Å². The molecule has 21 heavy (non-hydrogen) atoms. The van der Waals surface area contributed by atoms with Crippen molar-refractivity contribution in [3.8, 4) is 11.8 Å². The minimum Gasteiger partial charge on any atom is -0.384 e. The highest BCUT2D eigenvalue weighted by atomic mass is 32.2. The van der Waals surface area contributed by atoms with E-state index in [0.29, 0.717) is 31.6 Å². The monoisotopic (exact) mass is 309 g/mol. The molecule has 1 saturated heterocycles. The fourth-order valence-corrected chi connectivity index (χ4v) is 3.89. The van der Waals surface area contributed by atoms with Crippen LogP contribution >= 0.6 is 0 Å². The standard InChI is InChI=1S/C15H19NO4S/c1-16(14-8-11-20-12-9-14)21(18,19)15-7-3-2-5-13(15)6-4-10-17/h2-3,5,7,14,17H,8-12H2,1H3. The molecule has 0 bridgehead atoms. The molecular weight excluding hydrogens is 290 g/mol. The highest BCUT2D eigenvalue weighted by molar-refractivity contribution is 7.89. The summed E-state index contributed by atoms with van der Waals surface area (Å²) in [5, 5.41) is 8.79. The number of ether oxygens (including phenoxy) is 1. The van der Waals surface area contributed by atoms with Crippen LogP contribution in [-0.2, 0) is 14.8 Å². The van der Waals surface area contributed by atoms with E-state index in [-0.39, 0.29) is 17.5 Å².